The lowest BCUT2D eigenvalue weighted by Crippen LogP contribution is -2.40. The average molecular weight is 362 g/mol. The smallest absolute Gasteiger partial charge is 0.232 e. The largest absolute Gasteiger partial charge is 0.341 e. The van der Waals surface area contributed by atoms with Crippen LogP contribution in [-0.2, 0) is 10.5 Å². The van der Waals surface area contributed by atoms with Crippen LogP contribution in [-0.4, -0.2) is 39.6 Å². The van der Waals surface area contributed by atoms with Gasteiger partial charge in [0.1, 0.15) is 6.33 Å². The van der Waals surface area contributed by atoms with Gasteiger partial charge in [0.15, 0.2) is 0 Å². The molecular formula is C18H20ClN3OS. The Morgan fingerprint density at radius 2 is 2.21 bits per heavy atom. The van der Waals surface area contributed by atoms with Gasteiger partial charge in [-0.25, -0.2) is 9.97 Å². The maximum absolute atomic E-state index is 12.5. The molecule has 2 aromatic rings. The van der Waals surface area contributed by atoms with Gasteiger partial charge < -0.3 is 4.90 Å². The van der Waals surface area contributed by atoms with Crippen LogP contribution in [0, 0.1) is 0 Å². The van der Waals surface area contributed by atoms with Gasteiger partial charge >= 0.3 is 0 Å². The van der Waals surface area contributed by atoms with Crippen molar-refractivity contribution in [3.05, 3.63) is 59.1 Å². The van der Waals surface area contributed by atoms with Crippen LogP contribution in [0.3, 0.4) is 0 Å². The third kappa shape index (κ3) is 4.48. The fourth-order valence-electron chi connectivity index (χ4n) is 2.94. The van der Waals surface area contributed by atoms with Crippen molar-refractivity contribution < 1.29 is 4.79 Å². The quantitative estimate of drug-likeness (QED) is 0.813. The summed E-state index contributed by atoms with van der Waals surface area (Å²) in [6, 6.07) is 9.73. The fraction of sp³-hybridized carbons (Fsp3) is 0.389. The molecule has 0 unspecified atom stereocenters. The van der Waals surface area contributed by atoms with Crippen molar-refractivity contribution in [1.82, 2.24) is 14.9 Å². The number of benzene rings is 1. The van der Waals surface area contributed by atoms with Crippen LogP contribution < -0.4 is 0 Å². The molecule has 1 fully saturated rings. The Hall–Kier alpha value is -1.59. The fourth-order valence-corrected chi connectivity index (χ4v) is 4.16. The summed E-state index contributed by atoms with van der Waals surface area (Å²) in [5.74, 6) is 1.76. The van der Waals surface area contributed by atoms with E-state index in [-0.39, 0.29) is 5.91 Å². The van der Waals surface area contributed by atoms with E-state index >= 15 is 0 Å². The molecule has 1 atom stereocenters. The molecule has 0 aliphatic carbocycles. The highest BCUT2D eigenvalue weighted by Crippen LogP contribution is 2.26. The lowest BCUT2D eigenvalue weighted by Gasteiger charge is -2.32. The van der Waals surface area contributed by atoms with Gasteiger partial charge in [-0.05, 0) is 30.5 Å². The molecule has 0 bridgehead atoms. The van der Waals surface area contributed by atoms with Crippen LogP contribution >= 0.6 is 23.4 Å². The number of aromatic nitrogens is 2. The van der Waals surface area contributed by atoms with Gasteiger partial charge in [0.25, 0.3) is 0 Å². The minimum atomic E-state index is 0.200. The Balaban J connectivity index is 1.50. The van der Waals surface area contributed by atoms with Crippen molar-refractivity contribution in [1.29, 1.82) is 0 Å². The molecule has 4 nitrogen and oxygen atoms in total. The summed E-state index contributed by atoms with van der Waals surface area (Å²) in [5.41, 5.74) is 2.11. The SMILES string of the molecule is O=C(CSCc1ccccc1Cl)N1CCC[C@@H](c2ccncn2)C1. The monoisotopic (exact) mass is 361 g/mol. The number of hydrogen-bond acceptors (Lipinski definition) is 4. The molecule has 1 aromatic carbocycles. The highest BCUT2D eigenvalue weighted by atomic mass is 35.5. The van der Waals surface area contributed by atoms with Gasteiger partial charge in [-0.3, -0.25) is 4.79 Å². The second-order valence-electron chi connectivity index (χ2n) is 5.90. The summed E-state index contributed by atoms with van der Waals surface area (Å²) in [6.07, 6.45) is 5.45. The molecule has 1 aliphatic heterocycles. The van der Waals surface area contributed by atoms with E-state index in [1.807, 2.05) is 35.2 Å². The van der Waals surface area contributed by atoms with Gasteiger partial charge in [-0.2, -0.15) is 0 Å². The predicted molar refractivity (Wildman–Crippen MR) is 98.2 cm³/mol. The number of halogens is 1. The number of thioether (sulfide) groups is 1. The van der Waals surface area contributed by atoms with Crippen LogP contribution in [0.2, 0.25) is 5.02 Å². The average Bonchev–Trinajstić information content (AvgIpc) is 2.64. The topological polar surface area (TPSA) is 46.1 Å². The van der Waals surface area contributed by atoms with Crippen LogP contribution in [0.15, 0.2) is 42.9 Å². The number of likely N-dealkylation sites (tertiary alicyclic amines) is 1. The zero-order chi connectivity index (χ0) is 16.8. The van der Waals surface area contributed by atoms with Crippen LogP contribution in [0.5, 0.6) is 0 Å². The molecule has 126 valence electrons. The Bertz CT molecular complexity index is 683. The Labute approximate surface area is 151 Å². The van der Waals surface area contributed by atoms with E-state index in [1.165, 1.54) is 0 Å². The van der Waals surface area contributed by atoms with Gasteiger partial charge in [0.2, 0.25) is 5.91 Å². The first-order valence-electron chi connectivity index (χ1n) is 8.09. The summed E-state index contributed by atoms with van der Waals surface area (Å²) in [7, 11) is 0. The van der Waals surface area contributed by atoms with Gasteiger partial charge in [0.05, 0.1) is 5.75 Å². The summed E-state index contributed by atoms with van der Waals surface area (Å²) in [4.78, 5) is 22.8. The van der Waals surface area contributed by atoms with E-state index in [0.29, 0.717) is 11.7 Å². The van der Waals surface area contributed by atoms with Crippen molar-refractivity contribution in [2.45, 2.75) is 24.5 Å². The molecule has 24 heavy (non-hydrogen) atoms. The third-order valence-corrected chi connectivity index (χ3v) is 5.57. The standard InChI is InChI=1S/C18H20ClN3OS/c19-16-6-2-1-4-15(16)11-24-12-18(23)22-9-3-5-14(10-22)17-7-8-20-13-21-17/h1-2,4,6-8,13-14H,3,5,9-12H2/t14-/m1/s1. The molecule has 0 spiro atoms. The first-order chi connectivity index (χ1) is 11.7. The van der Waals surface area contributed by atoms with E-state index in [4.69, 9.17) is 11.6 Å². The Morgan fingerprint density at radius 1 is 1.33 bits per heavy atom. The van der Waals surface area contributed by atoms with Crippen molar-refractivity contribution in [2.75, 3.05) is 18.8 Å². The second-order valence-corrected chi connectivity index (χ2v) is 7.29. The summed E-state index contributed by atoms with van der Waals surface area (Å²) in [5, 5.41) is 0.763. The molecule has 1 aromatic heterocycles. The maximum Gasteiger partial charge on any atom is 0.232 e. The minimum Gasteiger partial charge on any atom is -0.341 e. The number of rotatable bonds is 5. The first-order valence-corrected chi connectivity index (χ1v) is 9.62. The number of hydrogen-bond donors (Lipinski definition) is 0. The van der Waals surface area contributed by atoms with Gasteiger partial charge in [-0.15, -0.1) is 11.8 Å². The van der Waals surface area contributed by atoms with E-state index in [0.717, 1.165) is 48.0 Å². The lowest BCUT2D eigenvalue weighted by molar-refractivity contribution is -0.129. The molecule has 0 N–H and O–H groups in total. The predicted octanol–water partition coefficient (Wildman–Crippen LogP) is 3.77. The number of nitrogens with zero attached hydrogens (tertiary/aromatic N) is 3. The van der Waals surface area contributed by atoms with Crippen LogP contribution in [0.1, 0.15) is 30.0 Å². The van der Waals surface area contributed by atoms with Gasteiger partial charge in [-0.1, -0.05) is 29.8 Å². The molecule has 1 amide bonds. The molecule has 1 aliphatic rings. The second kappa shape index (κ2) is 8.49. The van der Waals surface area contributed by atoms with Crippen LogP contribution in [0.25, 0.3) is 0 Å². The number of carbonyl (C=O) groups excluding carboxylic acids is 1. The van der Waals surface area contributed by atoms with E-state index < -0.39 is 0 Å². The summed E-state index contributed by atoms with van der Waals surface area (Å²) >= 11 is 7.77. The summed E-state index contributed by atoms with van der Waals surface area (Å²) < 4.78 is 0. The van der Waals surface area contributed by atoms with Crippen molar-refractivity contribution in [3.63, 3.8) is 0 Å². The molecule has 3 rings (SSSR count). The molecule has 2 heterocycles. The normalized spacial score (nSPS) is 17.7. The van der Waals surface area contributed by atoms with E-state index in [9.17, 15) is 4.79 Å². The number of carbonyl (C=O) groups is 1. The molecule has 1 saturated heterocycles. The molecule has 0 radical (unpaired) electrons. The molecular weight excluding hydrogens is 342 g/mol. The first kappa shape index (κ1) is 17.2. The Kier molecular flexibility index (Phi) is 6.10. The van der Waals surface area contributed by atoms with E-state index in [2.05, 4.69) is 9.97 Å². The molecule has 6 heteroatoms. The lowest BCUT2D eigenvalue weighted by atomic mass is 9.94. The third-order valence-electron chi connectivity index (χ3n) is 4.24. The highest BCUT2D eigenvalue weighted by molar-refractivity contribution is 7.99. The van der Waals surface area contributed by atoms with Crippen molar-refractivity contribution in [2.24, 2.45) is 0 Å². The van der Waals surface area contributed by atoms with Gasteiger partial charge in [0, 0.05) is 41.7 Å². The van der Waals surface area contributed by atoms with Crippen molar-refractivity contribution in [3.8, 4) is 0 Å². The number of amides is 1. The minimum absolute atomic E-state index is 0.200. The highest BCUT2D eigenvalue weighted by Gasteiger charge is 2.25. The van der Waals surface area contributed by atoms with E-state index in [1.54, 1.807) is 24.3 Å². The zero-order valence-corrected chi connectivity index (χ0v) is 15.0. The van der Waals surface area contributed by atoms with Crippen molar-refractivity contribution >= 4 is 29.3 Å². The maximum atomic E-state index is 12.5. The molecule has 0 saturated carbocycles. The summed E-state index contributed by atoms with van der Waals surface area (Å²) in [6.45, 7) is 1.59. The number of piperidine rings is 1. The van der Waals surface area contributed by atoms with Crippen LogP contribution in [0.4, 0.5) is 0 Å². The Morgan fingerprint density at radius 3 is 3.00 bits per heavy atom. The zero-order valence-electron chi connectivity index (χ0n) is 13.4.